The van der Waals surface area contributed by atoms with E-state index in [-0.39, 0.29) is 12.3 Å². The van der Waals surface area contributed by atoms with Crippen molar-refractivity contribution >= 4 is 17.2 Å². The Morgan fingerprint density at radius 3 is 2.76 bits per heavy atom. The number of carbonyl (C=O) groups excluding carboxylic acids is 1. The predicted molar refractivity (Wildman–Crippen MR) is 95.0 cm³/mol. The Labute approximate surface area is 149 Å². The van der Waals surface area contributed by atoms with Crippen LogP contribution in [0.4, 0.5) is 0 Å². The van der Waals surface area contributed by atoms with Crippen molar-refractivity contribution in [3.63, 3.8) is 0 Å². The fraction of sp³-hybridized carbons (Fsp3) is 0.222. The van der Waals surface area contributed by atoms with Gasteiger partial charge in [0, 0.05) is 5.38 Å². The van der Waals surface area contributed by atoms with Crippen LogP contribution >= 0.6 is 11.3 Å². The Morgan fingerprint density at radius 2 is 2.04 bits per heavy atom. The van der Waals surface area contributed by atoms with Gasteiger partial charge in [0.25, 0.3) is 0 Å². The lowest BCUT2D eigenvalue weighted by atomic mass is 10.3. The number of nitrogens with one attached hydrogen (secondary N) is 1. The fourth-order valence-electron chi connectivity index (χ4n) is 2.16. The van der Waals surface area contributed by atoms with E-state index in [9.17, 15) is 4.79 Å². The van der Waals surface area contributed by atoms with Gasteiger partial charge in [0.15, 0.2) is 10.8 Å². The summed E-state index contributed by atoms with van der Waals surface area (Å²) in [6.45, 7) is 0.826. The van der Waals surface area contributed by atoms with Crippen LogP contribution in [0.25, 0.3) is 10.8 Å². The highest BCUT2D eigenvalue weighted by Gasteiger charge is 2.10. The van der Waals surface area contributed by atoms with E-state index in [2.05, 4.69) is 10.3 Å². The molecular weight excluding hydrogens is 340 g/mol. The summed E-state index contributed by atoms with van der Waals surface area (Å²) < 4.78 is 15.9. The van der Waals surface area contributed by atoms with Crippen molar-refractivity contribution in [2.45, 2.75) is 6.42 Å². The largest absolute Gasteiger partial charge is 0.497 e. The first-order valence-electron chi connectivity index (χ1n) is 7.76. The minimum Gasteiger partial charge on any atom is -0.497 e. The number of amides is 1. The topological polar surface area (TPSA) is 73.6 Å². The Hall–Kier alpha value is -2.80. The van der Waals surface area contributed by atoms with Crippen molar-refractivity contribution in [1.82, 2.24) is 10.3 Å². The lowest BCUT2D eigenvalue weighted by Crippen LogP contribution is -2.29. The lowest BCUT2D eigenvalue weighted by molar-refractivity contribution is -0.120. The van der Waals surface area contributed by atoms with Crippen molar-refractivity contribution in [3.05, 3.63) is 53.7 Å². The van der Waals surface area contributed by atoms with Crippen molar-refractivity contribution < 1.29 is 18.7 Å². The molecule has 3 aromatic rings. The maximum atomic E-state index is 12.0. The summed E-state index contributed by atoms with van der Waals surface area (Å²) in [6, 6.07) is 11.0. The molecule has 0 aliphatic carbocycles. The number of thiazole rings is 1. The molecule has 0 aliphatic rings. The Kier molecular flexibility index (Phi) is 5.69. The number of rotatable bonds is 8. The molecule has 2 heterocycles. The van der Waals surface area contributed by atoms with Gasteiger partial charge in [-0.3, -0.25) is 4.79 Å². The zero-order valence-electron chi connectivity index (χ0n) is 13.7. The fourth-order valence-corrected chi connectivity index (χ4v) is 2.95. The molecule has 0 saturated heterocycles. The van der Waals surface area contributed by atoms with Gasteiger partial charge in [-0.2, -0.15) is 0 Å². The number of hydrogen-bond donors (Lipinski definition) is 1. The molecule has 2 aromatic heterocycles. The van der Waals surface area contributed by atoms with Crippen LogP contribution in [-0.2, 0) is 11.2 Å². The average molecular weight is 358 g/mol. The second-order valence-electron chi connectivity index (χ2n) is 5.17. The number of aromatic nitrogens is 1. The van der Waals surface area contributed by atoms with Gasteiger partial charge in [-0.1, -0.05) is 0 Å². The number of hydrogen-bond acceptors (Lipinski definition) is 6. The van der Waals surface area contributed by atoms with Crippen LogP contribution in [0.5, 0.6) is 11.5 Å². The first-order chi connectivity index (χ1) is 12.2. The van der Waals surface area contributed by atoms with E-state index >= 15 is 0 Å². The average Bonchev–Trinajstić information content (AvgIpc) is 3.31. The molecule has 1 amide bonds. The van der Waals surface area contributed by atoms with Crippen molar-refractivity contribution in [2.24, 2.45) is 0 Å². The van der Waals surface area contributed by atoms with E-state index in [1.165, 1.54) is 11.3 Å². The van der Waals surface area contributed by atoms with Crippen LogP contribution in [0.1, 0.15) is 5.69 Å². The van der Waals surface area contributed by atoms with Crippen LogP contribution in [0, 0.1) is 0 Å². The van der Waals surface area contributed by atoms with Crippen LogP contribution in [0.15, 0.2) is 52.5 Å². The summed E-state index contributed by atoms with van der Waals surface area (Å²) >= 11 is 1.46. The molecular formula is C18H18N2O4S. The summed E-state index contributed by atoms with van der Waals surface area (Å²) in [4.78, 5) is 16.4. The van der Waals surface area contributed by atoms with E-state index < -0.39 is 0 Å². The minimum atomic E-state index is -0.0883. The molecule has 0 fully saturated rings. The predicted octanol–water partition coefficient (Wildman–Crippen LogP) is 3.15. The van der Waals surface area contributed by atoms with Crippen molar-refractivity contribution in [3.8, 4) is 22.3 Å². The summed E-state index contributed by atoms with van der Waals surface area (Å²) in [5.41, 5.74) is 0.727. The van der Waals surface area contributed by atoms with Gasteiger partial charge in [0.05, 0.1) is 32.0 Å². The van der Waals surface area contributed by atoms with E-state index in [1.807, 2.05) is 41.8 Å². The molecule has 25 heavy (non-hydrogen) atoms. The third-order valence-corrected chi connectivity index (χ3v) is 4.28. The summed E-state index contributed by atoms with van der Waals surface area (Å²) in [6.07, 6.45) is 1.84. The number of methoxy groups -OCH3 is 1. The monoisotopic (exact) mass is 358 g/mol. The Balaban J connectivity index is 1.39. The number of furan rings is 1. The van der Waals surface area contributed by atoms with Gasteiger partial charge in [-0.15, -0.1) is 11.3 Å². The zero-order chi connectivity index (χ0) is 17.5. The lowest BCUT2D eigenvalue weighted by Gasteiger charge is -2.08. The first-order valence-corrected chi connectivity index (χ1v) is 8.64. The quantitative estimate of drug-likeness (QED) is 0.626. The molecule has 7 heteroatoms. The third-order valence-electron chi connectivity index (χ3n) is 3.38. The molecule has 0 bridgehead atoms. The van der Waals surface area contributed by atoms with Gasteiger partial charge < -0.3 is 19.2 Å². The highest BCUT2D eigenvalue weighted by Crippen LogP contribution is 2.24. The van der Waals surface area contributed by atoms with Crippen molar-refractivity contribution in [2.75, 3.05) is 20.3 Å². The van der Waals surface area contributed by atoms with Gasteiger partial charge in [-0.05, 0) is 36.4 Å². The second kappa shape index (κ2) is 8.34. The SMILES string of the molecule is COc1ccc(OCCNC(=O)Cc2csc(-c3ccco3)n2)cc1. The molecule has 0 saturated carbocycles. The van der Waals surface area contributed by atoms with E-state index in [1.54, 1.807) is 13.4 Å². The summed E-state index contributed by atoms with van der Waals surface area (Å²) in [5, 5.41) is 5.46. The molecule has 0 radical (unpaired) electrons. The smallest absolute Gasteiger partial charge is 0.226 e. The standard InChI is InChI=1S/C18H18N2O4S/c1-22-14-4-6-15(7-5-14)23-10-8-19-17(21)11-13-12-25-18(20-13)16-3-2-9-24-16/h2-7,9,12H,8,10-11H2,1H3,(H,19,21). The number of ether oxygens (including phenoxy) is 2. The Morgan fingerprint density at radius 1 is 1.24 bits per heavy atom. The summed E-state index contributed by atoms with van der Waals surface area (Å²) in [5.74, 6) is 2.13. The highest BCUT2D eigenvalue weighted by atomic mass is 32.1. The van der Waals surface area contributed by atoms with Crippen LogP contribution in [-0.4, -0.2) is 31.2 Å². The third kappa shape index (κ3) is 4.84. The van der Waals surface area contributed by atoms with Gasteiger partial charge >= 0.3 is 0 Å². The number of benzene rings is 1. The van der Waals surface area contributed by atoms with E-state index in [0.717, 1.165) is 22.2 Å². The normalized spacial score (nSPS) is 10.4. The minimum absolute atomic E-state index is 0.0883. The van der Waals surface area contributed by atoms with Crippen molar-refractivity contribution in [1.29, 1.82) is 0 Å². The number of nitrogens with zero attached hydrogens (tertiary/aromatic N) is 1. The van der Waals surface area contributed by atoms with E-state index in [4.69, 9.17) is 13.9 Å². The maximum Gasteiger partial charge on any atom is 0.226 e. The highest BCUT2D eigenvalue weighted by molar-refractivity contribution is 7.13. The van der Waals surface area contributed by atoms with Crippen LogP contribution < -0.4 is 14.8 Å². The van der Waals surface area contributed by atoms with Gasteiger partial charge in [0.1, 0.15) is 18.1 Å². The second-order valence-corrected chi connectivity index (χ2v) is 6.03. The molecule has 0 aliphatic heterocycles. The van der Waals surface area contributed by atoms with Crippen LogP contribution in [0.2, 0.25) is 0 Å². The van der Waals surface area contributed by atoms with Gasteiger partial charge in [-0.25, -0.2) is 4.98 Å². The molecule has 6 nitrogen and oxygen atoms in total. The molecule has 0 unspecified atom stereocenters. The molecule has 3 rings (SSSR count). The van der Waals surface area contributed by atoms with Crippen LogP contribution in [0.3, 0.4) is 0 Å². The van der Waals surface area contributed by atoms with E-state index in [0.29, 0.717) is 18.9 Å². The molecule has 130 valence electrons. The molecule has 0 atom stereocenters. The summed E-state index contributed by atoms with van der Waals surface area (Å²) in [7, 11) is 1.62. The van der Waals surface area contributed by atoms with Gasteiger partial charge in [0.2, 0.25) is 5.91 Å². The molecule has 1 N–H and O–H groups in total. The molecule has 1 aromatic carbocycles. The Bertz CT molecular complexity index is 797. The number of carbonyl (C=O) groups is 1. The maximum absolute atomic E-state index is 12.0. The first kappa shape index (κ1) is 17.0. The zero-order valence-corrected chi connectivity index (χ0v) is 14.5. The molecule has 0 spiro atoms.